The summed E-state index contributed by atoms with van der Waals surface area (Å²) in [7, 11) is 1.62. The predicted octanol–water partition coefficient (Wildman–Crippen LogP) is 5.83. The largest absolute Gasteiger partial charge is 0.508 e. The fraction of sp³-hybridized carbons (Fsp3) is 0.267. The Morgan fingerprint density at radius 1 is 1.18 bits per heavy atom. The van der Waals surface area contributed by atoms with Gasteiger partial charge in [-0.3, -0.25) is 0 Å². The number of aromatic nitrogens is 1. The number of carbonyl (C=O) groups is 1. The summed E-state index contributed by atoms with van der Waals surface area (Å²) in [5, 5.41) is 13.3. The smallest absolute Gasteiger partial charge is 0.318 e. The number of hydrogen-bond acceptors (Lipinski definition) is 6. The van der Waals surface area contributed by atoms with Crippen LogP contribution in [0.15, 0.2) is 71.7 Å². The van der Waals surface area contributed by atoms with Crippen LogP contribution in [0.4, 0.5) is 4.79 Å². The van der Waals surface area contributed by atoms with Crippen molar-refractivity contribution in [3.8, 4) is 17.2 Å². The van der Waals surface area contributed by atoms with Gasteiger partial charge in [0.2, 0.25) is 0 Å². The van der Waals surface area contributed by atoms with Gasteiger partial charge in [-0.25, -0.2) is 9.78 Å². The quantitative estimate of drug-likeness (QED) is 0.288. The molecule has 39 heavy (non-hydrogen) atoms. The van der Waals surface area contributed by atoms with Crippen molar-refractivity contribution in [1.82, 2.24) is 15.2 Å². The maximum absolute atomic E-state index is 13.5. The molecule has 2 N–H and O–H groups in total. The molecule has 3 aromatic carbocycles. The molecule has 8 nitrogen and oxygen atoms in total. The Morgan fingerprint density at radius 3 is 2.79 bits per heavy atom. The topological polar surface area (TPSA) is 97.1 Å². The van der Waals surface area contributed by atoms with Crippen molar-refractivity contribution in [2.24, 2.45) is 0 Å². The van der Waals surface area contributed by atoms with Crippen molar-refractivity contribution < 1.29 is 23.8 Å². The lowest BCUT2D eigenvalue weighted by atomic mass is 9.87. The molecule has 1 unspecified atom stereocenters. The van der Waals surface area contributed by atoms with Crippen LogP contribution < -0.4 is 14.8 Å². The Morgan fingerprint density at radius 2 is 2.05 bits per heavy atom. The number of rotatable bonds is 8. The van der Waals surface area contributed by atoms with E-state index in [0.717, 1.165) is 27.8 Å². The molecule has 0 fully saturated rings. The fourth-order valence-electron chi connectivity index (χ4n) is 4.89. The van der Waals surface area contributed by atoms with Gasteiger partial charge in [-0.05, 0) is 71.5 Å². The van der Waals surface area contributed by atoms with Crippen LogP contribution in [0.1, 0.15) is 39.6 Å². The van der Waals surface area contributed by atoms with Gasteiger partial charge >= 0.3 is 6.03 Å². The van der Waals surface area contributed by atoms with Crippen molar-refractivity contribution in [3.05, 3.63) is 106 Å². The summed E-state index contributed by atoms with van der Waals surface area (Å²) in [6.07, 6.45) is 4.10. The van der Waals surface area contributed by atoms with E-state index in [1.165, 1.54) is 12.7 Å². The van der Waals surface area contributed by atoms with Gasteiger partial charge in [0.25, 0.3) is 0 Å². The molecule has 1 aliphatic rings. The minimum absolute atomic E-state index is 0.221. The fourth-order valence-corrected chi connectivity index (χ4v) is 5.23. The summed E-state index contributed by atoms with van der Waals surface area (Å²) < 4.78 is 16.9. The van der Waals surface area contributed by atoms with E-state index in [-0.39, 0.29) is 18.3 Å². The van der Waals surface area contributed by atoms with E-state index in [1.807, 2.05) is 49.4 Å². The van der Waals surface area contributed by atoms with Crippen LogP contribution in [0, 0.1) is 6.92 Å². The Bertz CT molecular complexity index is 1460. The standard InChI is InChI=1S/C30H30ClN3O5/c1-19-6-7-24(26(31)12-19)29-25-15-28(39-11-9-20-4-3-5-23(35)13-20)27(37-2)14-21(25)8-10-34(29)30(36)32-16-22-17-38-18-33-22/h3-7,12-15,17-18,29,35H,8-11,16H2,1-2H3,(H,32,36). The van der Waals surface area contributed by atoms with Crippen molar-refractivity contribution in [2.75, 3.05) is 20.3 Å². The number of nitrogens with zero attached hydrogens (tertiary/aromatic N) is 2. The van der Waals surface area contributed by atoms with Crippen LogP contribution in [-0.2, 0) is 19.4 Å². The number of phenolic OH excluding ortho intramolecular Hbond substituents is 1. The maximum atomic E-state index is 13.5. The molecule has 0 saturated heterocycles. The Hall–Kier alpha value is -4.17. The Kier molecular flexibility index (Phi) is 7.93. The average molecular weight is 548 g/mol. The number of ether oxygens (including phenoxy) is 2. The second-order valence-electron chi connectivity index (χ2n) is 9.48. The molecule has 0 spiro atoms. The Labute approximate surface area is 232 Å². The number of hydrogen-bond donors (Lipinski definition) is 2. The van der Waals surface area contributed by atoms with Gasteiger partial charge in [-0.2, -0.15) is 0 Å². The molecule has 4 aromatic rings. The number of carbonyl (C=O) groups excluding carboxylic acids is 1. The number of oxazole rings is 1. The highest BCUT2D eigenvalue weighted by Gasteiger charge is 2.34. The molecule has 0 aliphatic carbocycles. The molecular weight excluding hydrogens is 518 g/mol. The highest BCUT2D eigenvalue weighted by Crippen LogP contribution is 2.43. The molecule has 0 radical (unpaired) electrons. The lowest BCUT2D eigenvalue weighted by Gasteiger charge is -2.38. The maximum Gasteiger partial charge on any atom is 0.318 e. The molecule has 5 rings (SSSR count). The monoisotopic (exact) mass is 547 g/mol. The second-order valence-corrected chi connectivity index (χ2v) is 9.89. The van der Waals surface area contributed by atoms with E-state index in [2.05, 4.69) is 10.3 Å². The third-order valence-electron chi connectivity index (χ3n) is 6.83. The first-order valence-corrected chi connectivity index (χ1v) is 13.1. The number of urea groups is 1. The van der Waals surface area contributed by atoms with E-state index in [0.29, 0.717) is 48.2 Å². The molecular formula is C30H30ClN3O5. The normalized spacial score (nSPS) is 14.5. The number of amides is 2. The van der Waals surface area contributed by atoms with Crippen LogP contribution in [-0.4, -0.2) is 41.3 Å². The van der Waals surface area contributed by atoms with Crippen LogP contribution in [0.25, 0.3) is 0 Å². The van der Waals surface area contributed by atoms with Crippen LogP contribution >= 0.6 is 11.6 Å². The molecule has 2 amide bonds. The van der Waals surface area contributed by atoms with Crippen molar-refractivity contribution in [1.29, 1.82) is 0 Å². The zero-order chi connectivity index (χ0) is 27.4. The molecule has 0 bridgehead atoms. The van der Waals surface area contributed by atoms with Gasteiger partial charge in [0, 0.05) is 18.0 Å². The number of fused-ring (bicyclic) bond motifs is 1. The van der Waals surface area contributed by atoms with Gasteiger partial charge in [-0.1, -0.05) is 35.9 Å². The number of benzene rings is 3. The van der Waals surface area contributed by atoms with Gasteiger partial charge in [-0.15, -0.1) is 0 Å². The Balaban J connectivity index is 1.47. The minimum atomic E-state index is -0.432. The lowest BCUT2D eigenvalue weighted by Crippen LogP contribution is -2.46. The van der Waals surface area contributed by atoms with Crippen molar-refractivity contribution in [2.45, 2.75) is 32.4 Å². The number of halogens is 1. The summed E-state index contributed by atoms with van der Waals surface area (Å²) >= 11 is 6.76. The third kappa shape index (κ3) is 5.96. The van der Waals surface area contributed by atoms with Gasteiger partial charge in [0.1, 0.15) is 12.0 Å². The molecule has 202 valence electrons. The number of nitrogens with one attached hydrogen (secondary N) is 1. The lowest BCUT2D eigenvalue weighted by molar-refractivity contribution is 0.179. The number of phenols is 1. The van der Waals surface area contributed by atoms with Gasteiger partial charge in [0.15, 0.2) is 17.9 Å². The van der Waals surface area contributed by atoms with E-state index >= 15 is 0 Å². The summed E-state index contributed by atoms with van der Waals surface area (Å²) in [6, 6.07) is 16.3. The van der Waals surface area contributed by atoms with Crippen molar-refractivity contribution in [3.63, 3.8) is 0 Å². The number of aromatic hydroxyl groups is 1. The van der Waals surface area contributed by atoms with E-state index in [4.69, 9.17) is 25.5 Å². The van der Waals surface area contributed by atoms with Crippen LogP contribution in [0.2, 0.25) is 5.02 Å². The first-order chi connectivity index (χ1) is 18.9. The zero-order valence-electron chi connectivity index (χ0n) is 21.8. The predicted molar refractivity (Wildman–Crippen MR) is 147 cm³/mol. The van der Waals surface area contributed by atoms with Crippen LogP contribution in [0.5, 0.6) is 17.2 Å². The highest BCUT2D eigenvalue weighted by molar-refractivity contribution is 6.31. The minimum Gasteiger partial charge on any atom is -0.508 e. The second kappa shape index (κ2) is 11.7. The van der Waals surface area contributed by atoms with E-state index in [9.17, 15) is 9.90 Å². The summed E-state index contributed by atoms with van der Waals surface area (Å²) in [6.45, 7) is 3.11. The van der Waals surface area contributed by atoms with Gasteiger partial charge in [0.05, 0.1) is 32.0 Å². The average Bonchev–Trinajstić information content (AvgIpc) is 3.45. The SMILES string of the molecule is COc1cc2c(cc1OCCc1cccc(O)c1)C(c1ccc(C)cc1Cl)N(C(=O)NCc1cocn1)CC2. The van der Waals surface area contributed by atoms with E-state index in [1.54, 1.807) is 24.1 Å². The number of methoxy groups -OCH3 is 1. The molecule has 2 heterocycles. The summed E-state index contributed by atoms with van der Waals surface area (Å²) in [4.78, 5) is 19.4. The molecule has 1 atom stereocenters. The first kappa shape index (κ1) is 26.4. The molecule has 1 aliphatic heterocycles. The summed E-state index contributed by atoms with van der Waals surface area (Å²) in [5.41, 5.74) is 5.46. The highest BCUT2D eigenvalue weighted by atomic mass is 35.5. The molecule has 0 saturated carbocycles. The zero-order valence-corrected chi connectivity index (χ0v) is 22.6. The van der Waals surface area contributed by atoms with Gasteiger partial charge < -0.3 is 29.2 Å². The third-order valence-corrected chi connectivity index (χ3v) is 7.16. The molecule has 1 aromatic heterocycles. The van der Waals surface area contributed by atoms with E-state index < -0.39 is 6.04 Å². The molecule has 9 heteroatoms. The summed E-state index contributed by atoms with van der Waals surface area (Å²) in [5.74, 6) is 1.43. The number of aryl methyl sites for hydroxylation is 1. The van der Waals surface area contributed by atoms with Crippen molar-refractivity contribution >= 4 is 17.6 Å². The first-order valence-electron chi connectivity index (χ1n) is 12.7. The van der Waals surface area contributed by atoms with Crippen LogP contribution in [0.3, 0.4) is 0 Å².